The second kappa shape index (κ2) is 32.6. The van der Waals surface area contributed by atoms with Gasteiger partial charge in [-0.1, -0.05) is 34.6 Å². The molecule has 0 radical (unpaired) electrons. The van der Waals surface area contributed by atoms with Gasteiger partial charge in [0.1, 0.15) is 97.4 Å². The first kappa shape index (κ1) is 68.4. The molecule has 0 aromatic rings. The van der Waals surface area contributed by atoms with E-state index >= 15 is 0 Å². The van der Waals surface area contributed by atoms with Crippen molar-refractivity contribution in [1.82, 2.24) is 21.3 Å². The molecule has 0 saturated carbocycles. The Morgan fingerprint density at radius 2 is 0.548 bits per heavy atom. The Bertz CT molecular complexity index is 1830. The smallest absolute Gasteiger partial charge is 0.306 e. The first-order chi connectivity index (χ1) is 33.8. The molecule has 0 aliphatic rings. The normalized spacial score (nSPS) is 20.1. The summed E-state index contributed by atoms with van der Waals surface area (Å²) in [5, 5.41) is 179. The summed E-state index contributed by atoms with van der Waals surface area (Å²) in [4.78, 5) is 118. The number of carbonyl (C=O) groups excluding carboxylic acids is 8. The lowest BCUT2D eigenvalue weighted by Gasteiger charge is -2.32. The molecule has 0 heterocycles. The summed E-state index contributed by atoms with van der Waals surface area (Å²) in [5.74, 6) is -17.6. The van der Waals surface area contributed by atoms with Gasteiger partial charge in [0.2, 0.25) is 23.6 Å². The fraction of sp³-hybridized carbons (Fsp3) is 0.791. The van der Waals surface area contributed by atoms with E-state index in [1.165, 1.54) is 6.92 Å². The van der Waals surface area contributed by atoms with Crippen molar-refractivity contribution in [3.63, 3.8) is 0 Å². The van der Waals surface area contributed by atoms with Gasteiger partial charge in [-0.05, 0) is 0 Å². The fourth-order valence-electron chi connectivity index (χ4n) is 6.80. The van der Waals surface area contributed by atoms with E-state index in [0.29, 0.717) is 0 Å². The Labute approximate surface area is 417 Å². The Kier molecular flexibility index (Phi) is 30.6. The van der Waals surface area contributed by atoms with Gasteiger partial charge in [-0.3, -0.25) is 43.2 Å². The molecular weight excluding hydrogens is 988 g/mol. The molecule has 422 valence electrons. The summed E-state index contributed by atoms with van der Waals surface area (Å²) in [5.41, 5.74) is 0. The number of carbonyl (C=O) groups is 9. The highest BCUT2D eigenvalue weighted by atomic mass is 16.4. The molecule has 0 rings (SSSR count). The molecule has 20 atom stereocenters. The molecule has 30 nitrogen and oxygen atoms in total. The van der Waals surface area contributed by atoms with E-state index in [1.807, 2.05) is 16.0 Å². The summed E-state index contributed by atoms with van der Waals surface area (Å²) < 4.78 is 0. The van der Waals surface area contributed by atoms with Crippen LogP contribution in [0.15, 0.2) is 0 Å². The van der Waals surface area contributed by atoms with Crippen molar-refractivity contribution >= 4 is 52.7 Å². The number of Topliss-reactive ketones (excluding diaryl/α,β-unsaturated/α-hetero) is 4. The SMILES string of the molecule is CCC(=O)N[C@H](C(=O)C[C@@H](C)C(=O)N[C@H](C(=O)C[C@@H](C)C(=O)N[C@H](C(=O)C[C@@H](C)C(=O)N[C@H](C(=O)C[C@@H](C)C(=O)O)[C@@H](O)[C@H](O)[C@H](O)CO)[C@@H](O)[C@H](O)[C@H](O)CO)[C@@H](O)[C@H](O)[C@H](O)CO)[C@@H](O)[C@H](O)[C@H](O)CO. The van der Waals surface area contributed by atoms with Gasteiger partial charge in [0.05, 0.1) is 32.3 Å². The molecule has 0 aromatic heterocycles. The Balaban J connectivity index is 6.77. The van der Waals surface area contributed by atoms with Crippen LogP contribution in [0.4, 0.5) is 0 Å². The molecule has 0 fully saturated rings. The van der Waals surface area contributed by atoms with Gasteiger partial charge in [0, 0.05) is 49.9 Å². The zero-order chi connectivity index (χ0) is 56.9. The van der Waals surface area contributed by atoms with E-state index in [2.05, 4.69) is 5.32 Å². The van der Waals surface area contributed by atoms with Crippen LogP contribution < -0.4 is 21.3 Å². The Hall–Kier alpha value is -4.61. The van der Waals surface area contributed by atoms with Crippen molar-refractivity contribution in [2.24, 2.45) is 23.7 Å². The number of aliphatic carboxylic acids is 1. The average Bonchev–Trinajstić information content (AvgIpc) is 3.36. The topological polar surface area (TPSA) is 546 Å². The zero-order valence-corrected chi connectivity index (χ0v) is 40.7. The van der Waals surface area contributed by atoms with E-state index in [9.17, 15) is 130 Å². The number of ketones is 4. The number of aliphatic hydroxyl groups is 16. The number of aliphatic hydroxyl groups excluding tert-OH is 16. The third kappa shape index (κ3) is 20.9. The van der Waals surface area contributed by atoms with Crippen LogP contribution in [0.1, 0.15) is 66.7 Å². The third-order valence-electron chi connectivity index (χ3n) is 11.8. The molecule has 4 amide bonds. The molecule has 0 aliphatic carbocycles. The monoisotopic (exact) mass is 1060 g/mol. The van der Waals surface area contributed by atoms with Gasteiger partial charge in [0.15, 0.2) is 23.1 Å². The third-order valence-corrected chi connectivity index (χ3v) is 11.8. The lowest BCUT2D eigenvalue weighted by Crippen LogP contribution is -2.59. The summed E-state index contributed by atoms with van der Waals surface area (Å²) >= 11 is 0. The van der Waals surface area contributed by atoms with Gasteiger partial charge in [-0.25, -0.2) is 0 Å². The first-order valence-corrected chi connectivity index (χ1v) is 22.9. The quantitative estimate of drug-likeness (QED) is 0.0275. The number of carboxylic acid groups (broad SMARTS) is 1. The van der Waals surface area contributed by atoms with Crippen LogP contribution in [-0.2, 0) is 43.2 Å². The van der Waals surface area contributed by atoms with Crippen LogP contribution in [0.3, 0.4) is 0 Å². The molecule has 0 unspecified atom stereocenters. The maximum Gasteiger partial charge on any atom is 0.306 e. The van der Waals surface area contributed by atoms with Crippen molar-refractivity contribution < 1.29 is 130 Å². The molecule has 30 heteroatoms. The van der Waals surface area contributed by atoms with Gasteiger partial charge in [0.25, 0.3) is 0 Å². The van der Waals surface area contributed by atoms with Gasteiger partial charge in [-0.2, -0.15) is 0 Å². The van der Waals surface area contributed by atoms with Crippen LogP contribution in [-0.4, -0.2) is 263 Å². The minimum absolute atomic E-state index is 0.250. The molecule has 0 aromatic carbocycles. The molecule has 21 N–H and O–H groups in total. The van der Waals surface area contributed by atoms with Crippen molar-refractivity contribution in [3.8, 4) is 0 Å². The molecular formula is C43H74N4O26. The number of amides is 4. The van der Waals surface area contributed by atoms with Gasteiger partial charge in [-0.15, -0.1) is 0 Å². The molecule has 73 heavy (non-hydrogen) atoms. The highest BCUT2D eigenvalue weighted by Gasteiger charge is 2.43. The maximum absolute atomic E-state index is 13.8. The predicted octanol–water partition coefficient (Wildman–Crippen LogP) is -10.9. The van der Waals surface area contributed by atoms with Crippen molar-refractivity contribution in [3.05, 3.63) is 0 Å². The Morgan fingerprint density at radius 1 is 0.342 bits per heavy atom. The minimum atomic E-state index is -2.52. The molecule has 0 aliphatic heterocycles. The number of rotatable bonds is 37. The van der Waals surface area contributed by atoms with Crippen LogP contribution in [0.5, 0.6) is 0 Å². The van der Waals surface area contributed by atoms with E-state index in [-0.39, 0.29) is 6.42 Å². The molecule has 0 spiro atoms. The van der Waals surface area contributed by atoms with E-state index in [1.54, 1.807) is 0 Å². The largest absolute Gasteiger partial charge is 0.481 e. The lowest BCUT2D eigenvalue weighted by atomic mass is 9.89. The predicted molar refractivity (Wildman–Crippen MR) is 241 cm³/mol. The van der Waals surface area contributed by atoms with Crippen molar-refractivity contribution in [1.29, 1.82) is 0 Å². The van der Waals surface area contributed by atoms with E-state index in [0.717, 1.165) is 27.7 Å². The van der Waals surface area contributed by atoms with Crippen LogP contribution >= 0.6 is 0 Å². The standard InChI is InChI=1S/C43H74N4O26/c1-6-27(60)44-28(36(65)32(61)23(56)11-48)19(52)7-15(2)40(69)45-29(37(66)33(62)24(57)12-49)20(53)8-16(3)41(70)46-30(38(67)34(63)25(58)13-50)21(54)9-17(4)42(71)47-31(22(55)10-18(5)43(72)73)39(68)35(64)26(59)14-51/h15-18,23-26,28-39,48-51,56-59,61-68H,6-14H2,1-5H3,(H,44,60)(H,45,69)(H,46,70)(H,47,71)(H,72,73)/t15-,16-,17-,18-,23-,24-,25-,26-,28-,29-,30-,31-,32-,33-,34-,35-,36-,37-,38-,39-/m1/s1. The summed E-state index contributed by atoms with van der Waals surface area (Å²) in [6.07, 6.45) is -31.5. The van der Waals surface area contributed by atoms with E-state index in [4.69, 9.17) is 0 Å². The van der Waals surface area contributed by atoms with E-state index < -0.39 is 226 Å². The maximum atomic E-state index is 13.8. The number of hydrogen-bond acceptors (Lipinski definition) is 25. The van der Waals surface area contributed by atoms with Gasteiger partial charge >= 0.3 is 5.97 Å². The van der Waals surface area contributed by atoms with Crippen molar-refractivity contribution in [2.45, 2.75) is 164 Å². The second-order valence-electron chi connectivity index (χ2n) is 17.9. The highest BCUT2D eigenvalue weighted by molar-refractivity contribution is 5.98. The zero-order valence-electron chi connectivity index (χ0n) is 40.7. The first-order valence-electron chi connectivity index (χ1n) is 22.9. The Morgan fingerprint density at radius 3 is 0.740 bits per heavy atom. The molecule has 0 bridgehead atoms. The highest BCUT2D eigenvalue weighted by Crippen LogP contribution is 2.19. The van der Waals surface area contributed by atoms with Crippen LogP contribution in [0.25, 0.3) is 0 Å². The average molecular weight is 1060 g/mol. The molecule has 0 saturated heterocycles. The van der Waals surface area contributed by atoms with Crippen LogP contribution in [0, 0.1) is 23.7 Å². The lowest BCUT2D eigenvalue weighted by molar-refractivity contribution is -0.146. The minimum Gasteiger partial charge on any atom is -0.481 e. The van der Waals surface area contributed by atoms with Crippen LogP contribution in [0.2, 0.25) is 0 Å². The van der Waals surface area contributed by atoms with Gasteiger partial charge < -0.3 is 108 Å². The fourth-order valence-corrected chi connectivity index (χ4v) is 6.80. The van der Waals surface area contributed by atoms with Crippen molar-refractivity contribution in [2.75, 3.05) is 26.4 Å². The number of hydrogen-bond donors (Lipinski definition) is 21. The summed E-state index contributed by atoms with van der Waals surface area (Å²) in [6, 6.07) is -8.80. The number of nitrogens with one attached hydrogen (secondary N) is 4. The second-order valence-corrected chi connectivity index (χ2v) is 17.9. The summed E-state index contributed by atoms with van der Waals surface area (Å²) in [6.45, 7) is 0.861. The summed E-state index contributed by atoms with van der Waals surface area (Å²) in [7, 11) is 0. The number of carboxylic acids is 1.